The fraction of sp³-hybridized carbons (Fsp3) is 0.143. The van der Waals surface area contributed by atoms with E-state index in [0.717, 1.165) is 28.0 Å². The second-order valence-electron chi connectivity index (χ2n) is 9.91. The number of amides is 3. The van der Waals surface area contributed by atoms with Gasteiger partial charge < -0.3 is 5.32 Å². The summed E-state index contributed by atoms with van der Waals surface area (Å²) in [6, 6.07) is 16.5. The summed E-state index contributed by atoms with van der Waals surface area (Å²) >= 11 is 20.9. The zero-order valence-electron chi connectivity index (χ0n) is 22.1. The van der Waals surface area contributed by atoms with E-state index < -0.39 is 56.2 Å². The van der Waals surface area contributed by atoms with E-state index in [1.54, 1.807) is 42.5 Å². The van der Waals surface area contributed by atoms with Gasteiger partial charge in [0.05, 0.1) is 31.6 Å². The van der Waals surface area contributed by atoms with Crippen molar-refractivity contribution in [2.75, 3.05) is 10.2 Å². The Balaban J connectivity index is 1.39. The van der Waals surface area contributed by atoms with Gasteiger partial charge in [-0.05, 0) is 60.2 Å². The minimum atomic E-state index is -3.92. The molecule has 1 aromatic heterocycles. The van der Waals surface area contributed by atoms with E-state index >= 15 is 0 Å². The molecule has 2 aliphatic rings. The van der Waals surface area contributed by atoms with E-state index in [1.807, 2.05) is 0 Å². The summed E-state index contributed by atoms with van der Waals surface area (Å²) < 4.78 is 24.3. The molecule has 10 nitrogen and oxygen atoms in total. The molecule has 3 amide bonds. The van der Waals surface area contributed by atoms with E-state index in [-0.39, 0.29) is 20.6 Å². The van der Waals surface area contributed by atoms with E-state index in [9.17, 15) is 27.6 Å². The Morgan fingerprint density at radius 1 is 0.932 bits per heavy atom. The molecule has 3 heterocycles. The van der Waals surface area contributed by atoms with E-state index in [4.69, 9.17) is 39.9 Å². The molecule has 0 aliphatic carbocycles. The number of carbonyl (C=O) groups excluding carboxylic acids is 3. The second-order valence-corrected chi connectivity index (χ2v) is 14.8. The van der Waals surface area contributed by atoms with Crippen LogP contribution in [0.1, 0.15) is 16.4 Å². The SMILES string of the molecule is NS(=O)(=O)c1ccc(NC(=O)Cn2c3c(sc2=O)C(c2cccc(Cl)c2Cl)C2C(=O)N(c4ccc(Cl)cc4)C(=O)C2S3)cc1. The van der Waals surface area contributed by atoms with Gasteiger partial charge >= 0.3 is 4.87 Å². The van der Waals surface area contributed by atoms with Crippen LogP contribution < -0.4 is 20.2 Å². The molecule has 0 saturated carbocycles. The van der Waals surface area contributed by atoms with Gasteiger partial charge in [-0.3, -0.25) is 23.7 Å². The smallest absolute Gasteiger partial charge is 0.308 e. The average molecular weight is 710 g/mol. The van der Waals surface area contributed by atoms with Crippen LogP contribution in [0.2, 0.25) is 15.1 Å². The molecule has 3 aromatic carbocycles. The third-order valence-corrected chi connectivity index (χ3v) is 11.8. The van der Waals surface area contributed by atoms with Crippen molar-refractivity contribution < 1.29 is 22.8 Å². The molecule has 3 N–H and O–H groups in total. The van der Waals surface area contributed by atoms with Crippen LogP contribution in [0.3, 0.4) is 0 Å². The van der Waals surface area contributed by atoms with Crippen LogP contribution in [0, 0.1) is 5.92 Å². The van der Waals surface area contributed by atoms with E-state index in [1.165, 1.54) is 28.8 Å². The van der Waals surface area contributed by atoms with E-state index in [2.05, 4.69) is 5.32 Å². The van der Waals surface area contributed by atoms with Gasteiger partial charge in [-0.1, -0.05) is 70.0 Å². The van der Waals surface area contributed by atoms with Crippen LogP contribution in [-0.2, 0) is 31.0 Å². The molecule has 1 saturated heterocycles. The predicted octanol–water partition coefficient (Wildman–Crippen LogP) is 4.95. The van der Waals surface area contributed by atoms with Gasteiger partial charge in [-0.15, -0.1) is 0 Å². The topological polar surface area (TPSA) is 149 Å². The van der Waals surface area contributed by atoms with Crippen molar-refractivity contribution in [1.82, 2.24) is 4.57 Å². The largest absolute Gasteiger partial charge is 0.325 e. The number of anilines is 2. The van der Waals surface area contributed by atoms with Gasteiger partial charge in [0.25, 0.3) is 0 Å². The molecular formula is C28H19Cl3N4O6S3. The lowest BCUT2D eigenvalue weighted by atomic mass is 9.83. The Labute approximate surface area is 273 Å². The minimum Gasteiger partial charge on any atom is -0.325 e. The maximum atomic E-state index is 14.0. The summed E-state index contributed by atoms with van der Waals surface area (Å²) in [6.45, 7) is -0.412. The number of primary sulfonamides is 1. The number of imide groups is 1. The Kier molecular flexibility index (Phi) is 8.16. The van der Waals surface area contributed by atoms with Crippen molar-refractivity contribution >= 4 is 97.0 Å². The van der Waals surface area contributed by atoms with Gasteiger partial charge in [0.1, 0.15) is 11.8 Å². The molecule has 2 aliphatic heterocycles. The number of thiazole rings is 1. The number of aromatic nitrogens is 1. The molecule has 1 fully saturated rings. The van der Waals surface area contributed by atoms with Crippen molar-refractivity contribution in [2.45, 2.75) is 27.6 Å². The van der Waals surface area contributed by atoms with Gasteiger partial charge in [-0.25, -0.2) is 18.5 Å². The molecule has 44 heavy (non-hydrogen) atoms. The molecule has 226 valence electrons. The maximum Gasteiger partial charge on any atom is 0.308 e. The summed E-state index contributed by atoms with van der Waals surface area (Å²) in [5, 5.41) is 8.06. The van der Waals surface area contributed by atoms with Gasteiger partial charge in [0.15, 0.2) is 0 Å². The number of nitrogens with two attached hydrogens (primary N) is 1. The van der Waals surface area contributed by atoms with Crippen molar-refractivity contribution in [3.05, 3.63) is 102 Å². The van der Waals surface area contributed by atoms with Crippen LogP contribution >= 0.6 is 57.9 Å². The van der Waals surface area contributed by atoms with Crippen LogP contribution in [0.4, 0.5) is 11.4 Å². The zero-order chi connectivity index (χ0) is 31.5. The predicted molar refractivity (Wildman–Crippen MR) is 170 cm³/mol. The van der Waals surface area contributed by atoms with Crippen molar-refractivity contribution in [2.24, 2.45) is 11.1 Å². The highest BCUT2D eigenvalue weighted by Crippen LogP contribution is 2.55. The number of hydrogen-bond donors (Lipinski definition) is 2. The first kappa shape index (κ1) is 30.8. The average Bonchev–Trinajstić information content (AvgIpc) is 3.41. The highest BCUT2D eigenvalue weighted by Gasteiger charge is 2.57. The summed E-state index contributed by atoms with van der Waals surface area (Å²) in [6.07, 6.45) is 0. The molecule has 16 heteroatoms. The first-order valence-corrected chi connectivity index (χ1v) is 17.1. The molecule has 0 radical (unpaired) electrons. The summed E-state index contributed by atoms with van der Waals surface area (Å²) in [5.74, 6) is -3.23. The Hall–Kier alpha value is -3.17. The number of hydrogen-bond acceptors (Lipinski definition) is 8. The summed E-state index contributed by atoms with van der Waals surface area (Å²) in [5.41, 5.74) is 1.11. The van der Waals surface area contributed by atoms with Crippen molar-refractivity contribution in [3.63, 3.8) is 0 Å². The summed E-state index contributed by atoms with van der Waals surface area (Å²) in [4.78, 5) is 55.2. The maximum absolute atomic E-state index is 14.0. The number of benzene rings is 3. The number of nitrogens with one attached hydrogen (secondary N) is 1. The lowest BCUT2D eigenvalue weighted by Gasteiger charge is -2.31. The zero-order valence-corrected chi connectivity index (χ0v) is 26.8. The summed E-state index contributed by atoms with van der Waals surface area (Å²) in [7, 11) is -3.92. The quantitative estimate of drug-likeness (QED) is 0.269. The molecule has 3 unspecified atom stereocenters. The van der Waals surface area contributed by atoms with Crippen LogP contribution in [0.25, 0.3) is 0 Å². The van der Waals surface area contributed by atoms with Crippen molar-refractivity contribution in [3.8, 4) is 0 Å². The van der Waals surface area contributed by atoms with Crippen LogP contribution in [0.15, 0.2) is 81.4 Å². The van der Waals surface area contributed by atoms with Gasteiger partial charge in [0, 0.05) is 21.5 Å². The second kappa shape index (κ2) is 11.6. The number of sulfonamides is 1. The highest BCUT2D eigenvalue weighted by atomic mass is 35.5. The molecule has 6 rings (SSSR count). The lowest BCUT2D eigenvalue weighted by molar-refractivity contribution is -0.122. The molecular weight excluding hydrogens is 691 g/mol. The molecule has 0 bridgehead atoms. The number of halogens is 3. The number of thioether (sulfide) groups is 1. The highest BCUT2D eigenvalue weighted by molar-refractivity contribution is 8.00. The number of carbonyl (C=O) groups is 3. The van der Waals surface area contributed by atoms with Gasteiger partial charge in [-0.2, -0.15) is 0 Å². The van der Waals surface area contributed by atoms with Crippen LogP contribution in [-0.4, -0.2) is 36.0 Å². The Morgan fingerprint density at radius 3 is 2.27 bits per heavy atom. The molecule has 0 spiro atoms. The third-order valence-electron chi connectivity index (χ3n) is 7.22. The first-order valence-electron chi connectivity index (χ1n) is 12.8. The number of nitrogens with zero attached hydrogens (tertiary/aromatic N) is 2. The number of fused-ring (bicyclic) bond motifs is 2. The monoisotopic (exact) mass is 708 g/mol. The third kappa shape index (κ3) is 5.47. The fourth-order valence-corrected chi connectivity index (χ4v) is 9.10. The fourth-order valence-electron chi connectivity index (χ4n) is 5.27. The minimum absolute atomic E-state index is 0.126. The van der Waals surface area contributed by atoms with Crippen molar-refractivity contribution in [1.29, 1.82) is 0 Å². The van der Waals surface area contributed by atoms with E-state index in [0.29, 0.717) is 26.2 Å². The Morgan fingerprint density at radius 2 is 1.61 bits per heavy atom. The first-order chi connectivity index (χ1) is 20.8. The van der Waals surface area contributed by atoms with Crippen LogP contribution in [0.5, 0.6) is 0 Å². The normalized spacial score (nSPS) is 19.5. The standard InChI is InChI=1S/C28H19Cl3N4O6S3/c29-13-4-8-15(9-5-13)35-25(37)21-20(17-2-1-3-18(30)22(17)31)24-27(42-23(21)26(35)38)34(28(39)43-24)12-19(36)33-14-6-10-16(11-7-14)44(32,40)41/h1-11,20-21,23H,12H2,(H,33,36)(H2,32,40,41). The lowest BCUT2D eigenvalue weighted by Crippen LogP contribution is -2.33. The molecule has 4 aromatic rings. The number of rotatable bonds is 6. The molecule has 3 atom stereocenters. The van der Waals surface area contributed by atoms with Gasteiger partial charge in [0.2, 0.25) is 27.7 Å². The Bertz CT molecular complexity index is 2010.